The number of nitrogens with one attached hydrogen (secondary N) is 2. The zero-order valence-corrected chi connectivity index (χ0v) is 18.0. The molecule has 1 atom stereocenters. The van der Waals surface area contributed by atoms with Gasteiger partial charge in [0.05, 0.1) is 24.5 Å². The number of pyridine rings is 1. The lowest BCUT2D eigenvalue weighted by Gasteiger charge is -2.43. The minimum atomic E-state index is 0.529. The highest BCUT2D eigenvalue weighted by molar-refractivity contribution is 5.73. The quantitative estimate of drug-likeness (QED) is 0.790. The lowest BCUT2D eigenvalue weighted by molar-refractivity contribution is 0.110. The molecule has 0 aliphatic carbocycles. The molecule has 0 amide bonds. The molecule has 2 aromatic rings. The van der Waals surface area contributed by atoms with E-state index in [1.54, 1.807) is 0 Å². The van der Waals surface area contributed by atoms with Gasteiger partial charge in [-0.1, -0.05) is 6.07 Å². The summed E-state index contributed by atoms with van der Waals surface area (Å²) in [7, 11) is 0. The van der Waals surface area contributed by atoms with Gasteiger partial charge in [-0.15, -0.1) is 0 Å². The molecule has 164 valence electrons. The van der Waals surface area contributed by atoms with E-state index in [0.717, 1.165) is 74.8 Å². The first-order valence-electron chi connectivity index (χ1n) is 11.6. The number of morpholine rings is 1. The third-order valence-electron chi connectivity index (χ3n) is 7.21. The highest BCUT2D eigenvalue weighted by Gasteiger charge is 2.30. The lowest BCUT2D eigenvalue weighted by atomic mass is 9.89. The largest absolute Gasteiger partial charge is 0.487 e. The lowest BCUT2D eigenvalue weighted by Crippen LogP contribution is -2.59. The third-order valence-corrected chi connectivity index (χ3v) is 7.21. The Balaban J connectivity index is 1.25. The Morgan fingerprint density at radius 1 is 1.06 bits per heavy atom. The van der Waals surface area contributed by atoms with Crippen molar-refractivity contribution in [3.8, 4) is 5.75 Å². The summed E-state index contributed by atoms with van der Waals surface area (Å²) in [5, 5.41) is 7.01. The number of fused-ring (bicyclic) bond motifs is 2. The summed E-state index contributed by atoms with van der Waals surface area (Å²) in [6, 6.07) is 9.52. The third kappa shape index (κ3) is 3.75. The molecular formula is C24H31N5O2. The maximum Gasteiger partial charge on any atom is 0.143 e. The monoisotopic (exact) mass is 421 g/mol. The highest BCUT2D eigenvalue weighted by Crippen LogP contribution is 2.39. The molecule has 0 radical (unpaired) electrons. The minimum absolute atomic E-state index is 0.529. The second-order valence-corrected chi connectivity index (χ2v) is 9.07. The zero-order chi connectivity index (χ0) is 20.6. The van der Waals surface area contributed by atoms with Crippen molar-refractivity contribution >= 4 is 17.2 Å². The Morgan fingerprint density at radius 3 is 2.81 bits per heavy atom. The molecule has 5 heterocycles. The average molecular weight is 422 g/mol. The number of piperidine rings is 1. The van der Waals surface area contributed by atoms with E-state index in [4.69, 9.17) is 9.47 Å². The van der Waals surface area contributed by atoms with E-state index in [1.807, 2.05) is 6.20 Å². The van der Waals surface area contributed by atoms with Gasteiger partial charge >= 0.3 is 0 Å². The van der Waals surface area contributed by atoms with Gasteiger partial charge in [-0.05, 0) is 49.1 Å². The van der Waals surface area contributed by atoms with Crippen molar-refractivity contribution in [2.24, 2.45) is 0 Å². The molecule has 4 aliphatic heterocycles. The van der Waals surface area contributed by atoms with Crippen molar-refractivity contribution in [1.82, 2.24) is 15.2 Å². The fraction of sp³-hybridized carbons (Fsp3) is 0.542. The van der Waals surface area contributed by atoms with Gasteiger partial charge < -0.3 is 25.0 Å². The molecule has 1 aromatic carbocycles. The predicted molar refractivity (Wildman–Crippen MR) is 122 cm³/mol. The molecule has 2 N–H and O–H groups in total. The van der Waals surface area contributed by atoms with E-state index in [1.165, 1.54) is 30.6 Å². The van der Waals surface area contributed by atoms with Crippen LogP contribution >= 0.6 is 0 Å². The van der Waals surface area contributed by atoms with Crippen LogP contribution in [0.15, 0.2) is 30.5 Å². The number of nitrogens with zero attached hydrogens (tertiary/aromatic N) is 3. The summed E-state index contributed by atoms with van der Waals surface area (Å²) in [4.78, 5) is 9.72. The molecule has 0 saturated carbocycles. The van der Waals surface area contributed by atoms with Crippen molar-refractivity contribution in [3.05, 3.63) is 41.6 Å². The van der Waals surface area contributed by atoms with Crippen LogP contribution in [0, 0.1) is 0 Å². The summed E-state index contributed by atoms with van der Waals surface area (Å²) in [5.41, 5.74) is 4.76. The number of hydrogen-bond donors (Lipinski definition) is 2. The van der Waals surface area contributed by atoms with Gasteiger partial charge in [0.2, 0.25) is 0 Å². The summed E-state index contributed by atoms with van der Waals surface area (Å²) < 4.78 is 11.8. The second kappa shape index (κ2) is 8.30. The molecule has 3 saturated heterocycles. The van der Waals surface area contributed by atoms with Crippen molar-refractivity contribution < 1.29 is 9.47 Å². The van der Waals surface area contributed by atoms with Crippen LogP contribution in [0.3, 0.4) is 0 Å². The van der Waals surface area contributed by atoms with E-state index in [0.29, 0.717) is 12.5 Å². The standard InChI is InChI=1S/C24H31N5O2/c1-2-18(15-29(7-1)19-13-25-14-19)17-3-4-23-21(12-17)27-24-20(16-31-23)22(5-6-26-24)28-8-10-30-11-9-28/h3-6,12,18-19,25H,1-2,7-11,13-16H2,(H,26,27)/t18-/m0/s1. The van der Waals surface area contributed by atoms with Crippen molar-refractivity contribution in [1.29, 1.82) is 0 Å². The van der Waals surface area contributed by atoms with Crippen LogP contribution in [0.2, 0.25) is 0 Å². The van der Waals surface area contributed by atoms with E-state index < -0.39 is 0 Å². The van der Waals surface area contributed by atoms with Crippen molar-refractivity contribution in [2.45, 2.75) is 31.4 Å². The Kier molecular flexibility index (Phi) is 5.18. The summed E-state index contributed by atoms with van der Waals surface area (Å²) >= 11 is 0. The Morgan fingerprint density at radius 2 is 1.97 bits per heavy atom. The fourth-order valence-corrected chi connectivity index (χ4v) is 5.28. The van der Waals surface area contributed by atoms with Crippen LogP contribution in [0.25, 0.3) is 0 Å². The second-order valence-electron chi connectivity index (χ2n) is 9.07. The Hall–Kier alpha value is -2.35. The van der Waals surface area contributed by atoms with Crippen LogP contribution in [0.5, 0.6) is 5.75 Å². The van der Waals surface area contributed by atoms with Crippen LogP contribution in [-0.2, 0) is 11.3 Å². The van der Waals surface area contributed by atoms with Crippen LogP contribution in [-0.4, -0.2) is 68.4 Å². The average Bonchev–Trinajstić information content (AvgIpc) is 2.97. The maximum absolute atomic E-state index is 6.26. The molecule has 6 rings (SSSR count). The summed E-state index contributed by atoms with van der Waals surface area (Å²) in [6.45, 7) is 8.54. The van der Waals surface area contributed by atoms with Gasteiger partial charge in [0.25, 0.3) is 0 Å². The normalized spacial score (nSPS) is 24.3. The molecule has 1 aromatic heterocycles. The van der Waals surface area contributed by atoms with Gasteiger partial charge in [-0.2, -0.15) is 0 Å². The first-order valence-corrected chi connectivity index (χ1v) is 11.6. The number of ether oxygens (including phenoxy) is 2. The predicted octanol–water partition coefficient (Wildman–Crippen LogP) is 2.71. The van der Waals surface area contributed by atoms with E-state index in [2.05, 4.69) is 49.7 Å². The SMILES string of the molecule is c1cc(N2CCOCC2)c2c(n1)Nc1cc([C@H]3CCCN(C4CNC4)C3)ccc1OC2. The molecule has 0 bridgehead atoms. The van der Waals surface area contributed by atoms with Crippen molar-refractivity contribution in [3.63, 3.8) is 0 Å². The highest BCUT2D eigenvalue weighted by atomic mass is 16.5. The molecule has 7 heteroatoms. The first-order chi connectivity index (χ1) is 15.3. The minimum Gasteiger partial charge on any atom is -0.487 e. The fourth-order valence-electron chi connectivity index (χ4n) is 5.28. The molecule has 0 spiro atoms. The summed E-state index contributed by atoms with van der Waals surface area (Å²) in [5.74, 6) is 2.40. The van der Waals surface area contributed by atoms with Crippen LogP contribution in [0.1, 0.15) is 29.9 Å². The smallest absolute Gasteiger partial charge is 0.143 e. The summed E-state index contributed by atoms with van der Waals surface area (Å²) in [6.07, 6.45) is 4.43. The number of likely N-dealkylation sites (tertiary alicyclic amines) is 1. The number of benzene rings is 1. The number of hydrogen-bond acceptors (Lipinski definition) is 7. The Labute approximate surface area is 183 Å². The van der Waals surface area contributed by atoms with Gasteiger partial charge in [-0.3, -0.25) is 4.90 Å². The number of aromatic nitrogens is 1. The van der Waals surface area contributed by atoms with E-state index in [-0.39, 0.29) is 0 Å². The molecule has 0 unspecified atom stereocenters. The van der Waals surface area contributed by atoms with Gasteiger partial charge in [0.1, 0.15) is 18.2 Å². The van der Waals surface area contributed by atoms with Gasteiger partial charge in [0.15, 0.2) is 0 Å². The molecular weight excluding hydrogens is 390 g/mol. The molecule has 3 fully saturated rings. The zero-order valence-electron chi connectivity index (χ0n) is 18.0. The number of rotatable bonds is 3. The Bertz CT molecular complexity index is 942. The molecule has 31 heavy (non-hydrogen) atoms. The van der Waals surface area contributed by atoms with E-state index >= 15 is 0 Å². The van der Waals surface area contributed by atoms with Gasteiger partial charge in [0, 0.05) is 50.6 Å². The molecule has 4 aliphatic rings. The van der Waals surface area contributed by atoms with Crippen LogP contribution < -0.4 is 20.3 Å². The van der Waals surface area contributed by atoms with Crippen LogP contribution in [0.4, 0.5) is 17.2 Å². The number of anilines is 3. The molecule has 7 nitrogen and oxygen atoms in total. The van der Waals surface area contributed by atoms with Gasteiger partial charge in [-0.25, -0.2) is 4.98 Å². The maximum atomic E-state index is 6.26. The topological polar surface area (TPSA) is 61.9 Å². The first kappa shape index (κ1) is 19.3. The van der Waals surface area contributed by atoms with Crippen molar-refractivity contribution in [2.75, 3.05) is 62.7 Å². The van der Waals surface area contributed by atoms with E-state index in [9.17, 15) is 0 Å².